The predicted octanol–water partition coefficient (Wildman–Crippen LogP) is 5.68. The maximum Gasteiger partial charge on any atom is 0.345 e. The molecule has 2 saturated heterocycles. The van der Waals surface area contributed by atoms with Crippen molar-refractivity contribution < 1.29 is 66.8 Å². The molecule has 7 rings (SSSR count). The number of aliphatic hydroxyl groups excluding tert-OH is 2. The summed E-state index contributed by atoms with van der Waals surface area (Å²) in [5.41, 5.74) is 2.82. The quantitative estimate of drug-likeness (QED) is 0.0294. The van der Waals surface area contributed by atoms with Crippen LogP contribution in [0.1, 0.15) is 93.9 Å². The third-order valence-electron chi connectivity index (χ3n) is 13.8. The number of hydrogen-bond donors (Lipinski definition) is 6. The molecule has 0 saturated carbocycles. The van der Waals surface area contributed by atoms with E-state index in [4.69, 9.17) is 9.47 Å². The van der Waals surface area contributed by atoms with E-state index < -0.39 is 101 Å². The Morgan fingerprint density at radius 3 is 1.76 bits per heavy atom. The van der Waals surface area contributed by atoms with Gasteiger partial charge in [-0.15, -0.1) is 18.3 Å². The molecule has 1 aromatic heterocycles. The SMILES string of the molecule is C=CCNC(=O)C1N(C(=O)[C@@H](O)[C@H](Cc2ccccc2)NC(=O)c2cccc(OC(=O)c3cccnc3)c2C)CSC1(C)C.CCCNC(=O)C1CC(F)(F)CN1C(=O)[C@@H](O)[C@H](Cc1ccccc1)NC(=O)c1cccc(OC(C)=O)c1C. The number of benzene rings is 4. The molecule has 83 heavy (non-hydrogen) atoms. The lowest BCUT2D eigenvalue weighted by Crippen LogP contribution is -2.58. The molecule has 2 unspecified atom stereocenters. The lowest BCUT2D eigenvalue weighted by molar-refractivity contribution is -0.147. The van der Waals surface area contributed by atoms with Crippen LogP contribution in [0.3, 0.4) is 0 Å². The monoisotopic (exact) mass is 1160 g/mol. The largest absolute Gasteiger partial charge is 0.426 e. The van der Waals surface area contributed by atoms with Gasteiger partial charge in [0.05, 0.1) is 30.1 Å². The highest BCUT2D eigenvalue weighted by molar-refractivity contribution is 8.00. The Bertz CT molecular complexity index is 3140. The summed E-state index contributed by atoms with van der Waals surface area (Å²) in [5, 5.41) is 33.4. The molecule has 2 aliphatic rings. The van der Waals surface area contributed by atoms with Gasteiger partial charge in [0.15, 0.2) is 12.2 Å². The number of halogens is 2. The van der Waals surface area contributed by atoms with Crippen molar-refractivity contribution in [1.29, 1.82) is 0 Å². The van der Waals surface area contributed by atoms with Crippen LogP contribution in [0.15, 0.2) is 134 Å². The van der Waals surface area contributed by atoms with Gasteiger partial charge < -0.3 is 50.8 Å². The summed E-state index contributed by atoms with van der Waals surface area (Å²) in [7, 11) is 0. The first-order chi connectivity index (χ1) is 39.5. The summed E-state index contributed by atoms with van der Waals surface area (Å²) in [6.07, 6.45) is 0.749. The van der Waals surface area contributed by atoms with Gasteiger partial charge >= 0.3 is 11.9 Å². The fourth-order valence-corrected chi connectivity index (χ4v) is 10.6. The number of rotatable bonds is 21. The number of nitrogens with one attached hydrogen (secondary N) is 4. The number of esters is 2. The third-order valence-corrected chi connectivity index (χ3v) is 15.2. The average molecular weight is 1160 g/mol. The fraction of sp³-hybridized carbons (Fsp3) is 0.361. The summed E-state index contributed by atoms with van der Waals surface area (Å²) < 4.78 is 38.8. The Labute approximate surface area is 484 Å². The highest BCUT2D eigenvalue weighted by atomic mass is 32.2. The fourth-order valence-electron chi connectivity index (χ4n) is 9.47. The summed E-state index contributed by atoms with van der Waals surface area (Å²) in [5.74, 6) is -8.01. The molecule has 2 aliphatic heterocycles. The van der Waals surface area contributed by atoms with Crippen LogP contribution in [-0.4, -0.2) is 145 Å². The molecular weight excluding hydrogens is 1090 g/mol. The molecule has 6 N–H and O–H groups in total. The van der Waals surface area contributed by atoms with Crippen molar-refractivity contribution in [3.63, 3.8) is 0 Å². The summed E-state index contributed by atoms with van der Waals surface area (Å²) in [6, 6.07) is 25.8. The molecule has 0 radical (unpaired) electrons. The van der Waals surface area contributed by atoms with E-state index in [9.17, 15) is 57.4 Å². The van der Waals surface area contributed by atoms with Crippen molar-refractivity contribution in [2.24, 2.45) is 0 Å². The van der Waals surface area contributed by atoms with E-state index >= 15 is 0 Å². The predicted molar refractivity (Wildman–Crippen MR) is 306 cm³/mol. The Morgan fingerprint density at radius 1 is 0.735 bits per heavy atom. The van der Waals surface area contributed by atoms with Crippen molar-refractivity contribution in [2.45, 2.75) is 114 Å². The molecular formula is C61H69F2N7O12S. The molecule has 22 heteroatoms. The van der Waals surface area contributed by atoms with E-state index in [0.717, 1.165) is 5.56 Å². The second kappa shape index (κ2) is 29.1. The minimum Gasteiger partial charge on any atom is -0.426 e. The molecule has 6 atom stereocenters. The van der Waals surface area contributed by atoms with Crippen molar-refractivity contribution in [3.05, 3.63) is 173 Å². The topological polar surface area (TPSA) is 263 Å². The minimum atomic E-state index is -3.31. The van der Waals surface area contributed by atoms with Crippen LogP contribution in [-0.2, 0) is 36.8 Å². The van der Waals surface area contributed by atoms with Gasteiger partial charge in [0.2, 0.25) is 11.8 Å². The highest BCUT2D eigenvalue weighted by Crippen LogP contribution is 2.40. The number of amides is 6. The number of ether oxygens (including phenoxy) is 2. The van der Waals surface area contributed by atoms with Crippen LogP contribution in [0.4, 0.5) is 8.78 Å². The maximum atomic E-state index is 14.3. The number of aliphatic hydroxyl groups is 2. The zero-order valence-electron chi connectivity index (χ0n) is 46.9. The molecule has 5 aromatic rings. The first-order valence-electron chi connectivity index (χ1n) is 26.8. The van der Waals surface area contributed by atoms with Gasteiger partial charge in [-0.25, -0.2) is 13.6 Å². The van der Waals surface area contributed by atoms with Gasteiger partial charge in [-0.1, -0.05) is 85.8 Å². The number of pyridine rings is 1. The van der Waals surface area contributed by atoms with Gasteiger partial charge in [-0.2, -0.15) is 0 Å². The van der Waals surface area contributed by atoms with Crippen LogP contribution in [0, 0.1) is 13.8 Å². The molecule has 19 nitrogen and oxygen atoms in total. The van der Waals surface area contributed by atoms with Gasteiger partial charge in [-0.3, -0.25) is 38.5 Å². The van der Waals surface area contributed by atoms with Crippen molar-refractivity contribution >= 4 is 59.1 Å². The van der Waals surface area contributed by atoms with E-state index in [2.05, 4.69) is 32.8 Å². The number of hydrogen-bond acceptors (Lipinski definition) is 14. The third kappa shape index (κ3) is 16.9. The Balaban J connectivity index is 0.000000269. The van der Waals surface area contributed by atoms with Crippen LogP contribution in [0.5, 0.6) is 11.5 Å². The zero-order valence-corrected chi connectivity index (χ0v) is 47.8. The molecule has 0 bridgehead atoms. The normalized spacial score (nSPS) is 17.2. The van der Waals surface area contributed by atoms with E-state index in [0.29, 0.717) is 28.0 Å². The second-order valence-electron chi connectivity index (χ2n) is 20.5. The molecule has 0 aliphatic carbocycles. The van der Waals surface area contributed by atoms with Crippen LogP contribution >= 0.6 is 11.8 Å². The number of aromatic nitrogens is 1. The summed E-state index contributed by atoms with van der Waals surface area (Å²) >= 11 is 1.43. The van der Waals surface area contributed by atoms with Crippen molar-refractivity contribution in [2.75, 3.05) is 25.5 Å². The standard InChI is InChI=1S/C33H36N4O6S.C28H33F2N3O6/c1-5-16-35-30(40)28-33(3,4)44-20-37(28)31(41)27(38)25(18-22-11-7-6-8-12-22)36-29(39)24-14-9-15-26(21(24)2)43-32(42)23-13-10-17-34-19-23;1-4-13-31-26(37)22-15-28(29,30)16-33(22)27(38)24(35)21(14-19-9-6-5-7-10-19)32-25(36)20-11-8-12-23(17(20)2)39-18(3)34/h5-15,17,19,25,27-28,38H,1,16,18,20H2,2-4H3,(H,35,40)(H,36,39);5-12,21-22,24,35H,4,13-16H2,1-3H3,(H,31,37)(H,32,36)/t25-,27-,28?;21-,22?,24-/m00/s1. The van der Waals surface area contributed by atoms with E-state index in [1.54, 1.807) is 93.7 Å². The zero-order chi connectivity index (χ0) is 60.6. The lowest BCUT2D eigenvalue weighted by Gasteiger charge is -2.33. The van der Waals surface area contributed by atoms with Crippen LogP contribution in [0.25, 0.3) is 0 Å². The number of alkyl halides is 2. The Kier molecular flexibility index (Phi) is 22.4. The number of carbonyl (C=O) groups excluding carboxylic acids is 8. The first kappa shape index (κ1) is 63.8. The maximum absolute atomic E-state index is 14.3. The van der Waals surface area contributed by atoms with Gasteiger partial charge in [0, 0.05) is 65.8 Å². The lowest BCUT2D eigenvalue weighted by atomic mass is 9.96. The van der Waals surface area contributed by atoms with E-state index in [1.165, 1.54) is 48.0 Å². The van der Waals surface area contributed by atoms with Gasteiger partial charge in [-0.05, 0) is 94.5 Å². The van der Waals surface area contributed by atoms with E-state index in [-0.39, 0.29) is 65.9 Å². The number of thioether (sulfide) groups is 1. The molecule has 440 valence electrons. The van der Waals surface area contributed by atoms with E-state index in [1.807, 2.05) is 44.2 Å². The summed E-state index contributed by atoms with van der Waals surface area (Å²) in [4.78, 5) is 110. The molecule has 4 aromatic carbocycles. The molecule has 3 heterocycles. The Hall–Kier alpha value is -8.34. The van der Waals surface area contributed by atoms with Gasteiger partial charge in [0.1, 0.15) is 23.6 Å². The second-order valence-corrected chi connectivity index (χ2v) is 22.1. The van der Waals surface area contributed by atoms with Crippen molar-refractivity contribution in [3.8, 4) is 11.5 Å². The highest BCUT2D eigenvalue weighted by Gasteiger charge is 2.52. The average Bonchev–Trinajstić information content (AvgIpc) is 4.18. The summed E-state index contributed by atoms with van der Waals surface area (Å²) in [6.45, 7) is 13.1. The van der Waals surface area contributed by atoms with Crippen LogP contribution in [0.2, 0.25) is 0 Å². The molecule has 0 spiro atoms. The molecule has 6 amide bonds. The van der Waals surface area contributed by atoms with Crippen molar-refractivity contribution in [1.82, 2.24) is 36.1 Å². The minimum absolute atomic E-state index is 0.000891. The molecule has 2 fully saturated rings. The van der Waals surface area contributed by atoms with Gasteiger partial charge in [0.25, 0.3) is 29.6 Å². The Morgan fingerprint density at radius 2 is 1.27 bits per heavy atom. The van der Waals surface area contributed by atoms with Crippen LogP contribution < -0.4 is 30.7 Å². The number of likely N-dealkylation sites (tertiary alicyclic amines) is 1. The smallest absolute Gasteiger partial charge is 0.345 e. The first-order valence-corrected chi connectivity index (χ1v) is 27.8. The number of carbonyl (C=O) groups is 8. The number of nitrogens with zero attached hydrogens (tertiary/aromatic N) is 3.